The van der Waals surface area contributed by atoms with Gasteiger partial charge in [0.25, 0.3) is 0 Å². The van der Waals surface area contributed by atoms with Crippen LogP contribution in [0.1, 0.15) is 27.6 Å². The van der Waals surface area contributed by atoms with E-state index < -0.39 is 53.6 Å². The van der Waals surface area contributed by atoms with Crippen LogP contribution < -0.4 is 0 Å². The second-order valence-corrected chi connectivity index (χ2v) is 7.10. The van der Waals surface area contributed by atoms with Crippen LogP contribution in [0.5, 0.6) is 23.0 Å². The van der Waals surface area contributed by atoms with Crippen molar-refractivity contribution < 1.29 is 50.4 Å². The molecule has 0 aliphatic carbocycles. The molecule has 0 saturated carbocycles. The summed E-state index contributed by atoms with van der Waals surface area (Å²) in [5, 5.41) is 79.4. The molecule has 0 radical (unpaired) electrons. The van der Waals surface area contributed by atoms with Crippen LogP contribution in [0, 0.1) is 0 Å². The average molecular weight is 422 g/mol. The molecular formula is C20H22O10. The first-order valence-corrected chi connectivity index (χ1v) is 9.05. The van der Waals surface area contributed by atoms with Crippen molar-refractivity contribution in [3.63, 3.8) is 0 Å². The van der Waals surface area contributed by atoms with Gasteiger partial charge in [-0.15, -0.1) is 0 Å². The highest BCUT2D eigenvalue weighted by atomic mass is 16.5. The fraction of sp³-hybridized carbons (Fsp3) is 0.350. The molecule has 1 heterocycles. The van der Waals surface area contributed by atoms with E-state index in [2.05, 4.69) is 0 Å². The van der Waals surface area contributed by atoms with Crippen LogP contribution in [-0.4, -0.2) is 77.7 Å². The molecule has 2 aromatic rings. The normalized spacial score (nSPS) is 25.1. The van der Waals surface area contributed by atoms with Crippen molar-refractivity contribution in [3.05, 3.63) is 47.0 Å². The summed E-state index contributed by atoms with van der Waals surface area (Å²) in [5.74, 6) is -2.97. The number of aliphatic hydroxyl groups excluding tert-OH is 4. The number of aliphatic hydroxyl groups is 4. The van der Waals surface area contributed by atoms with Crippen molar-refractivity contribution in [3.8, 4) is 23.0 Å². The van der Waals surface area contributed by atoms with Gasteiger partial charge in [0.05, 0.1) is 17.7 Å². The molecule has 10 nitrogen and oxygen atoms in total. The summed E-state index contributed by atoms with van der Waals surface area (Å²) < 4.78 is 5.23. The molecule has 5 unspecified atom stereocenters. The van der Waals surface area contributed by atoms with Gasteiger partial charge in [-0.25, -0.2) is 0 Å². The molecular weight excluding hydrogens is 400 g/mol. The lowest BCUT2D eigenvalue weighted by molar-refractivity contribution is -0.189. The zero-order chi connectivity index (χ0) is 22.2. The number of carbonyl (C=O) groups is 1. The van der Waals surface area contributed by atoms with Gasteiger partial charge in [0, 0.05) is 6.42 Å². The number of phenolic OH excluding ortho intramolecular Hbond substituents is 4. The van der Waals surface area contributed by atoms with Gasteiger partial charge in [0.15, 0.2) is 17.3 Å². The molecule has 162 valence electrons. The average Bonchev–Trinajstić information content (AvgIpc) is 2.70. The lowest BCUT2D eigenvalue weighted by atomic mass is 9.90. The number of hydrogen-bond donors (Lipinski definition) is 8. The number of hydrogen-bond acceptors (Lipinski definition) is 10. The molecule has 0 amide bonds. The van der Waals surface area contributed by atoms with Crippen molar-refractivity contribution in [2.75, 3.05) is 6.61 Å². The second-order valence-electron chi connectivity index (χ2n) is 7.10. The minimum atomic E-state index is -1.69. The van der Waals surface area contributed by atoms with Crippen molar-refractivity contribution >= 4 is 5.78 Å². The summed E-state index contributed by atoms with van der Waals surface area (Å²) in [5.41, 5.74) is -0.392. The van der Waals surface area contributed by atoms with E-state index in [9.17, 15) is 45.6 Å². The van der Waals surface area contributed by atoms with Gasteiger partial charge < -0.3 is 45.6 Å². The van der Waals surface area contributed by atoms with Crippen molar-refractivity contribution in [1.29, 1.82) is 0 Å². The first-order valence-electron chi connectivity index (χ1n) is 9.05. The van der Waals surface area contributed by atoms with E-state index in [0.29, 0.717) is 5.56 Å². The second kappa shape index (κ2) is 8.46. The fourth-order valence-corrected chi connectivity index (χ4v) is 3.33. The molecule has 1 saturated heterocycles. The number of benzene rings is 2. The van der Waals surface area contributed by atoms with E-state index >= 15 is 0 Å². The van der Waals surface area contributed by atoms with Gasteiger partial charge in [-0.1, -0.05) is 6.07 Å². The van der Waals surface area contributed by atoms with Crippen LogP contribution in [0.25, 0.3) is 0 Å². The smallest absolute Gasteiger partial charge is 0.195 e. The predicted octanol–water partition coefficient (Wildman–Crippen LogP) is -0.551. The first-order chi connectivity index (χ1) is 14.1. The van der Waals surface area contributed by atoms with Gasteiger partial charge in [0.1, 0.15) is 42.0 Å². The van der Waals surface area contributed by atoms with E-state index in [1.54, 1.807) is 0 Å². The van der Waals surface area contributed by atoms with E-state index in [-0.39, 0.29) is 29.9 Å². The van der Waals surface area contributed by atoms with Crippen LogP contribution in [0.15, 0.2) is 30.3 Å². The molecule has 10 heteroatoms. The lowest BCUT2D eigenvalue weighted by Gasteiger charge is -2.36. The Bertz CT molecular complexity index is 943. The summed E-state index contributed by atoms with van der Waals surface area (Å²) in [6.07, 6.45) is -7.97. The SMILES string of the molecule is O=C(c1ccc(O)c(C2OCC(O)C(O)C2O)c1O)C(O)Cc1ccc(O)c(O)c1. The van der Waals surface area contributed by atoms with E-state index in [1.807, 2.05) is 0 Å². The third-order valence-electron chi connectivity index (χ3n) is 5.02. The van der Waals surface area contributed by atoms with Gasteiger partial charge >= 0.3 is 0 Å². The number of Topliss-reactive ketones (excluding diaryl/α,β-unsaturated/α-hetero) is 1. The molecule has 0 spiro atoms. The maximum atomic E-state index is 12.7. The minimum Gasteiger partial charge on any atom is -0.507 e. The summed E-state index contributed by atoms with van der Waals surface area (Å²) in [6, 6.07) is 5.91. The molecule has 5 atom stereocenters. The van der Waals surface area contributed by atoms with Gasteiger partial charge in [-0.2, -0.15) is 0 Å². The van der Waals surface area contributed by atoms with Crippen LogP contribution in [0.2, 0.25) is 0 Å². The molecule has 2 aromatic carbocycles. The molecule has 30 heavy (non-hydrogen) atoms. The topological polar surface area (TPSA) is 188 Å². The fourth-order valence-electron chi connectivity index (χ4n) is 3.33. The number of ether oxygens (including phenoxy) is 1. The minimum absolute atomic E-state index is 0.240. The van der Waals surface area contributed by atoms with Crippen molar-refractivity contribution in [2.45, 2.75) is 36.9 Å². The summed E-state index contributed by atoms with van der Waals surface area (Å²) >= 11 is 0. The number of aromatic hydroxyl groups is 4. The zero-order valence-corrected chi connectivity index (χ0v) is 15.6. The lowest BCUT2D eigenvalue weighted by Crippen LogP contribution is -2.49. The Balaban J connectivity index is 1.88. The van der Waals surface area contributed by atoms with Crippen LogP contribution in [0.4, 0.5) is 0 Å². The number of phenols is 4. The van der Waals surface area contributed by atoms with Crippen LogP contribution in [0.3, 0.4) is 0 Å². The van der Waals surface area contributed by atoms with Crippen molar-refractivity contribution in [1.82, 2.24) is 0 Å². The summed E-state index contributed by atoms with van der Waals surface area (Å²) in [7, 11) is 0. The number of ketones is 1. The third kappa shape index (κ3) is 4.04. The Morgan fingerprint density at radius 1 is 0.967 bits per heavy atom. The molecule has 1 fully saturated rings. The van der Waals surface area contributed by atoms with Crippen molar-refractivity contribution in [2.24, 2.45) is 0 Å². The molecule has 8 N–H and O–H groups in total. The van der Waals surface area contributed by atoms with E-state index in [1.165, 1.54) is 18.2 Å². The number of rotatable bonds is 5. The summed E-state index contributed by atoms with van der Waals surface area (Å²) in [6.45, 7) is -0.382. The first kappa shape index (κ1) is 21.8. The quantitative estimate of drug-likeness (QED) is 0.229. The van der Waals surface area contributed by atoms with Gasteiger partial charge in [-0.05, 0) is 29.8 Å². The maximum absolute atomic E-state index is 12.7. The van der Waals surface area contributed by atoms with Gasteiger partial charge in [0.2, 0.25) is 0 Å². The number of carbonyl (C=O) groups excluding carboxylic acids is 1. The van der Waals surface area contributed by atoms with Gasteiger partial charge in [-0.3, -0.25) is 4.79 Å². The molecule has 0 bridgehead atoms. The zero-order valence-electron chi connectivity index (χ0n) is 15.6. The Hall–Kier alpha value is -2.89. The predicted molar refractivity (Wildman–Crippen MR) is 100 cm³/mol. The molecule has 1 aliphatic rings. The highest BCUT2D eigenvalue weighted by Gasteiger charge is 2.41. The third-order valence-corrected chi connectivity index (χ3v) is 5.02. The highest BCUT2D eigenvalue weighted by Crippen LogP contribution is 2.41. The standard InChI is InChI=1S/C20H22O10/c21-10-3-1-8(5-12(10)23)6-13(24)16(26)9-2-4-11(22)15(17(9)27)20-19(29)18(28)14(25)7-30-20/h1-5,13-14,18-25,27-29H,6-7H2. The van der Waals surface area contributed by atoms with E-state index in [0.717, 1.165) is 12.1 Å². The van der Waals surface area contributed by atoms with E-state index in [4.69, 9.17) is 4.74 Å². The Labute approximate surface area is 170 Å². The van der Waals surface area contributed by atoms with Crippen LogP contribution >= 0.6 is 0 Å². The Morgan fingerprint density at radius 3 is 2.30 bits per heavy atom. The Morgan fingerprint density at radius 2 is 1.63 bits per heavy atom. The largest absolute Gasteiger partial charge is 0.507 e. The molecule has 3 rings (SSSR count). The molecule has 0 aromatic heterocycles. The maximum Gasteiger partial charge on any atom is 0.195 e. The Kier molecular flexibility index (Phi) is 6.15. The summed E-state index contributed by atoms with van der Waals surface area (Å²) in [4.78, 5) is 12.7. The molecule has 1 aliphatic heterocycles. The monoisotopic (exact) mass is 422 g/mol. The van der Waals surface area contributed by atoms with Crippen LogP contribution in [-0.2, 0) is 11.2 Å². The highest BCUT2D eigenvalue weighted by molar-refractivity contribution is 6.02.